The summed E-state index contributed by atoms with van der Waals surface area (Å²) in [5.41, 5.74) is 1.57. The zero-order valence-electron chi connectivity index (χ0n) is 15.3. The number of carbonyl (C=O) groups excluding carboxylic acids is 2. The van der Waals surface area contributed by atoms with E-state index >= 15 is 0 Å². The summed E-state index contributed by atoms with van der Waals surface area (Å²) in [6, 6.07) is 15.1. The Morgan fingerprint density at radius 1 is 0.963 bits per heavy atom. The van der Waals surface area contributed by atoms with Gasteiger partial charge in [0.1, 0.15) is 5.75 Å². The fourth-order valence-corrected chi connectivity index (χ4v) is 3.73. The number of amides is 2. The molecule has 0 spiro atoms. The van der Waals surface area contributed by atoms with Gasteiger partial charge in [0.25, 0.3) is 5.91 Å². The van der Waals surface area contributed by atoms with Crippen molar-refractivity contribution in [3.8, 4) is 0 Å². The Kier molecular flexibility index (Phi) is 7.55. The highest BCUT2D eigenvalue weighted by Crippen LogP contribution is 2.11. The van der Waals surface area contributed by atoms with Crippen molar-refractivity contribution in [1.82, 2.24) is 5.32 Å². The molecule has 0 aliphatic heterocycles. The zero-order valence-corrected chi connectivity index (χ0v) is 16.1. The number of unbranched alkanes of at least 4 members (excludes halogenated alkanes) is 1. The lowest BCUT2D eigenvalue weighted by molar-refractivity contribution is -0.113. The second-order valence-corrected chi connectivity index (χ2v) is 8.32. The number of hydrogen-bond acceptors (Lipinski definition) is 4. The van der Waals surface area contributed by atoms with Crippen LogP contribution in [0.5, 0.6) is 0 Å². The van der Waals surface area contributed by atoms with Gasteiger partial charge >= 0.3 is 0 Å². The van der Waals surface area contributed by atoms with Gasteiger partial charge in [0.05, 0.1) is 5.75 Å². The SMILES string of the molecule is CCCCNC(=O)c1ccc(CS(=O)(=O)CC(=O)Nc2ccccc2)cc1. The molecule has 2 rings (SSSR count). The number of sulfone groups is 1. The van der Waals surface area contributed by atoms with Crippen molar-refractivity contribution < 1.29 is 18.0 Å². The third-order valence-electron chi connectivity index (χ3n) is 3.83. The number of rotatable bonds is 9. The van der Waals surface area contributed by atoms with E-state index in [-0.39, 0.29) is 11.7 Å². The van der Waals surface area contributed by atoms with Gasteiger partial charge in [-0.25, -0.2) is 8.42 Å². The minimum atomic E-state index is -3.62. The van der Waals surface area contributed by atoms with Crippen LogP contribution in [0.25, 0.3) is 0 Å². The molecule has 2 aromatic rings. The molecular weight excluding hydrogens is 364 g/mol. The van der Waals surface area contributed by atoms with Crippen molar-refractivity contribution >= 4 is 27.3 Å². The van der Waals surface area contributed by atoms with E-state index in [0.717, 1.165) is 12.8 Å². The van der Waals surface area contributed by atoms with Gasteiger partial charge in [-0.15, -0.1) is 0 Å². The Labute approximate surface area is 159 Å². The molecule has 0 aromatic heterocycles. The molecule has 27 heavy (non-hydrogen) atoms. The van der Waals surface area contributed by atoms with Gasteiger partial charge in [-0.05, 0) is 36.2 Å². The van der Waals surface area contributed by atoms with E-state index in [4.69, 9.17) is 0 Å². The highest BCUT2D eigenvalue weighted by Gasteiger charge is 2.18. The molecule has 0 atom stereocenters. The first kappa shape index (κ1) is 20.6. The summed E-state index contributed by atoms with van der Waals surface area (Å²) in [4.78, 5) is 23.9. The number of hydrogen-bond donors (Lipinski definition) is 2. The molecule has 6 nitrogen and oxygen atoms in total. The number of nitrogens with one attached hydrogen (secondary N) is 2. The average molecular weight is 388 g/mol. The lowest BCUT2D eigenvalue weighted by Gasteiger charge is -2.08. The van der Waals surface area contributed by atoms with Crippen molar-refractivity contribution in [3.63, 3.8) is 0 Å². The van der Waals surface area contributed by atoms with Crippen molar-refractivity contribution in [3.05, 3.63) is 65.7 Å². The minimum absolute atomic E-state index is 0.180. The minimum Gasteiger partial charge on any atom is -0.352 e. The molecule has 0 heterocycles. The van der Waals surface area contributed by atoms with Crippen LogP contribution in [-0.4, -0.2) is 32.5 Å². The van der Waals surface area contributed by atoms with E-state index in [2.05, 4.69) is 10.6 Å². The largest absolute Gasteiger partial charge is 0.352 e. The Morgan fingerprint density at radius 3 is 2.26 bits per heavy atom. The van der Waals surface area contributed by atoms with Crippen LogP contribution >= 0.6 is 0 Å². The van der Waals surface area contributed by atoms with Crippen LogP contribution in [-0.2, 0) is 20.4 Å². The predicted octanol–water partition coefficient (Wildman–Crippen LogP) is 2.77. The van der Waals surface area contributed by atoms with E-state index in [1.54, 1.807) is 54.6 Å². The number of carbonyl (C=O) groups is 2. The van der Waals surface area contributed by atoms with E-state index < -0.39 is 21.5 Å². The fraction of sp³-hybridized carbons (Fsp3) is 0.300. The fourth-order valence-electron chi connectivity index (χ4n) is 2.46. The van der Waals surface area contributed by atoms with Gasteiger partial charge in [-0.2, -0.15) is 0 Å². The molecule has 144 valence electrons. The molecule has 7 heteroatoms. The Bertz CT molecular complexity index is 863. The summed E-state index contributed by atoms with van der Waals surface area (Å²) in [5, 5.41) is 5.37. The normalized spacial score (nSPS) is 11.0. The van der Waals surface area contributed by atoms with Gasteiger partial charge in [0, 0.05) is 17.8 Å². The predicted molar refractivity (Wildman–Crippen MR) is 106 cm³/mol. The quantitative estimate of drug-likeness (QED) is 0.646. The second kappa shape index (κ2) is 9.87. The first-order valence-electron chi connectivity index (χ1n) is 8.82. The monoisotopic (exact) mass is 388 g/mol. The summed E-state index contributed by atoms with van der Waals surface area (Å²) < 4.78 is 24.5. The van der Waals surface area contributed by atoms with Crippen LogP contribution in [0.4, 0.5) is 5.69 Å². The molecule has 0 aliphatic carbocycles. The van der Waals surface area contributed by atoms with Gasteiger partial charge < -0.3 is 10.6 Å². The molecule has 0 radical (unpaired) electrons. The van der Waals surface area contributed by atoms with E-state index in [9.17, 15) is 18.0 Å². The Balaban J connectivity index is 1.91. The summed E-state index contributed by atoms with van der Waals surface area (Å²) >= 11 is 0. The van der Waals surface area contributed by atoms with Crippen molar-refractivity contribution in [1.29, 1.82) is 0 Å². The molecule has 0 aliphatic rings. The van der Waals surface area contributed by atoms with Crippen molar-refractivity contribution in [2.45, 2.75) is 25.5 Å². The summed E-state index contributed by atoms with van der Waals surface area (Å²) in [6.07, 6.45) is 1.90. The van der Waals surface area contributed by atoms with Gasteiger partial charge in [-0.3, -0.25) is 9.59 Å². The molecule has 2 amide bonds. The number of anilines is 1. The van der Waals surface area contributed by atoms with Gasteiger partial charge in [0.2, 0.25) is 5.91 Å². The first-order valence-corrected chi connectivity index (χ1v) is 10.6. The summed E-state index contributed by atoms with van der Waals surface area (Å²) in [6.45, 7) is 2.66. The van der Waals surface area contributed by atoms with Crippen LogP contribution in [0.1, 0.15) is 35.7 Å². The van der Waals surface area contributed by atoms with Gasteiger partial charge in [0.15, 0.2) is 9.84 Å². The molecule has 2 aromatic carbocycles. The van der Waals surface area contributed by atoms with Crippen molar-refractivity contribution in [2.75, 3.05) is 17.6 Å². The maximum atomic E-state index is 12.3. The highest BCUT2D eigenvalue weighted by molar-refractivity contribution is 7.91. The Morgan fingerprint density at radius 2 is 1.63 bits per heavy atom. The molecule has 0 bridgehead atoms. The smallest absolute Gasteiger partial charge is 0.251 e. The van der Waals surface area contributed by atoms with Crippen molar-refractivity contribution in [2.24, 2.45) is 0 Å². The molecule has 2 N–H and O–H groups in total. The van der Waals surface area contributed by atoms with E-state index in [1.807, 2.05) is 6.92 Å². The lowest BCUT2D eigenvalue weighted by Crippen LogP contribution is -2.24. The zero-order chi connectivity index (χ0) is 19.7. The number of para-hydroxylation sites is 1. The third kappa shape index (κ3) is 7.22. The maximum absolute atomic E-state index is 12.3. The van der Waals surface area contributed by atoms with E-state index in [1.165, 1.54) is 0 Å². The maximum Gasteiger partial charge on any atom is 0.251 e. The first-order chi connectivity index (χ1) is 12.9. The van der Waals surface area contributed by atoms with Crippen LogP contribution in [0.3, 0.4) is 0 Å². The standard InChI is InChI=1S/C20H24N2O4S/c1-2-3-13-21-20(24)17-11-9-16(10-12-17)14-27(25,26)15-19(23)22-18-7-5-4-6-8-18/h4-12H,2-3,13-15H2,1H3,(H,21,24)(H,22,23). The summed E-state index contributed by atoms with van der Waals surface area (Å²) in [7, 11) is -3.62. The molecular formula is C20H24N2O4S. The second-order valence-electron chi connectivity index (χ2n) is 6.25. The molecule has 0 unspecified atom stereocenters. The Hall–Kier alpha value is -2.67. The molecule has 0 saturated carbocycles. The van der Waals surface area contributed by atoms with Crippen LogP contribution in [0.15, 0.2) is 54.6 Å². The van der Waals surface area contributed by atoms with Crippen LogP contribution in [0, 0.1) is 0 Å². The summed E-state index contributed by atoms with van der Waals surface area (Å²) in [5.74, 6) is -1.61. The van der Waals surface area contributed by atoms with Gasteiger partial charge in [-0.1, -0.05) is 43.7 Å². The third-order valence-corrected chi connectivity index (χ3v) is 5.30. The molecule has 0 saturated heterocycles. The van der Waals surface area contributed by atoms with Crippen LogP contribution in [0.2, 0.25) is 0 Å². The number of benzene rings is 2. The van der Waals surface area contributed by atoms with Crippen LogP contribution < -0.4 is 10.6 Å². The lowest BCUT2D eigenvalue weighted by atomic mass is 10.1. The molecule has 0 fully saturated rings. The van der Waals surface area contributed by atoms with E-state index in [0.29, 0.717) is 23.4 Å². The average Bonchev–Trinajstić information content (AvgIpc) is 2.62. The topological polar surface area (TPSA) is 92.3 Å². The highest BCUT2D eigenvalue weighted by atomic mass is 32.2.